The van der Waals surface area contributed by atoms with Crippen LogP contribution in [-0.2, 0) is 0 Å². The number of benzene rings is 4. The maximum Gasteiger partial charge on any atom is 0.190 e. The van der Waals surface area contributed by atoms with Gasteiger partial charge in [0, 0.05) is 44.3 Å². The molecule has 0 unspecified atom stereocenters. The van der Waals surface area contributed by atoms with Gasteiger partial charge in [-0.3, -0.25) is 4.98 Å². The third kappa shape index (κ3) is 16.2. The minimum absolute atomic E-state index is 0.718. The summed E-state index contributed by atoms with van der Waals surface area (Å²) >= 11 is 8.59. The van der Waals surface area contributed by atoms with Crippen LogP contribution in [0.2, 0.25) is 0 Å². The van der Waals surface area contributed by atoms with Gasteiger partial charge in [0.15, 0.2) is 5.89 Å². The molecule has 0 N–H and O–H groups in total. The van der Waals surface area contributed by atoms with Crippen LogP contribution >= 0.6 is 56.7 Å². The molecular weight excluding hydrogens is 861 g/mol. The highest BCUT2D eigenvalue weighted by molar-refractivity contribution is 7.19. The lowest BCUT2D eigenvalue weighted by Gasteiger charge is -2.11. The van der Waals surface area contributed by atoms with Gasteiger partial charge in [0.1, 0.15) is 16.8 Å². The highest BCUT2D eigenvalue weighted by Crippen LogP contribution is 2.26. The van der Waals surface area contributed by atoms with Gasteiger partial charge in [-0.1, -0.05) is 84.9 Å². The van der Waals surface area contributed by atoms with Gasteiger partial charge in [-0.05, 0) is 112 Å². The van der Waals surface area contributed by atoms with Gasteiger partial charge < -0.3 is 8.98 Å². The van der Waals surface area contributed by atoms with E-state index in [4.69, 9.17) is 4.42 Å². The average Bonchev–Trinajstić information content (AvgIpc) is 4.15. The lowest BCUT2D eigenvalue weighted by atomic mass is 10.1. The number of hydrogen-bond donors (Lipinski definition) is 0. The monoisotopic (exact) mass is 910 g/mol. The van der Waals surface area contributed by atoms with E-state index in [0.29, 0.717) is 0 Å². The quantitative estimate of drug-likeness (QED) is 0.172. The predicted octanol–water partition coefficient (Wildman–Crippen LogP) is 15.6. The van der Waals surface area contributed by atoms with Crippen molar-refractivity contribution in [2.24, 2.45) is 0 Å². The molecule has 4 aromatic carbocycles. The Balaban J connectivity index is 0.000000144. The molecule has 0 radical (unpaired) electrons. The van der Waals surface area contributed by atoms with Gasteiger partial charge in [0.25, 0.3) is 0 Å². The Labute approximate surface area is 384 Å². The summed E-state index contributed by atoms with van der Waals surface area (Å²) in [7, 11) is 0. The third-order valence-corrected chi connectivity index (χ3v) is 12.5. The molecule has 316 valence electrons. The zero-order valence-corrected chi connectivity index (χ0v) is 40.0. The van der Waals surface area contributed by atoms with Crippen LogP contribution in [0, 0.1) is 48.5 Å². The second-order valence-electron chi connectivity index (χ2n) is 13.3. The summed E-state index contributed by atoms with van der Waals surface area (Å²) in [6.07, 6.45) is 4.98. The summed E-state index contributed by atoms with van der Waals surface area (Å²) in [6, 6.07) is 48.3. The lowest BCUT2D eigenvalue weighted by Crippen LogP contribution is -1.98. The fourth-order valence-corrected chi connectivity index (χ4v) is 8.63. The zero-order valence-electron chi connectivity index (χ0n) is 35.9. The zero-order chi connectivity index (χ0) is 43.9. The normalized spacial score (nSPS) is 9.85. The Morgan fingerprint density at radius 3 is 1.74 bits per heavy atom. The molecule has 0 saturated carbocycles. The predicted molar refractivity (Wildman–Crippen MR) is 269 cm³/mol. The molecule has 0 amide bonds. The van der Waals surface area contributed by atoms with Crippen LogP contribution < -0.4 is 0 Å². The first-order valence-corrected chi connectivity index (χ1v) is 23.9. The molecule has 0 bridgehead atoms. The van der Waals surface area contributed by atoms with Crippen molar-refractivity contribution in [3.05, 3.63) is 211 Å². The van der Waals surface area contributed by atoms with Gasteiger partial charge in [0.05, 0.1) is 32.1 Å². The van der Waals surface area contributed by atoms with Crippen LogP contribution in [0.15, 0.2) is 179 Å². The first kappa shape index (κ1) is 47.2. The molecule has 0 atom stereocenters. The molecule has 0 aliphatic carbocycles. The van der Waals surface area contributed by atoms with E-state index >= 15 is 0 Å². The van der Waals surface area contributed by atoms with E-state index in [-0.39, 0.29) is 0 Å². The SMILES string of the molecule is Cc1cc2ccccc2s1.Cc1ccc(-c2ccccc2)n1-c1ccccc1.Cc1cccs1.Cc1nc2ccccc2s1.Cc1ncco1.Cc1nccs1.Cc1nncs1. The maximum atomic E-state index is 4.72. The number of para-hydroxylation sites is 2. The molecule has 0 aliphatic rings. The van der Waals surface area contributed by atoms with Crippen molar-refractivity contribution in [2.45, 2.75) is 48.5 Å². The molecule has 11 rings (SSSR count). The molecule has 7 nitrogen and oxygen atoms in total. The summed E-state index contributed by atoms with van der Waals surface area (Å²) in [5.74, 6) is 0.718. The third-order valence-electron chi connectivity index (χ3n) is 8.35. The first-order chi connectivity index (χ1) is 30.2. The van der Waals surface area contributed by atoms with Crippen molar-refractivity contribution in [2.75, 3.05) is 0 Å². The van der Waals surface area contributed by atoms with Crippen molar-refractivity contribution < 1.29 is 4.42 Å². The Kier molecular flexibility index (Phi) is 19.6. The summed E-state index contributed by atoms with van der Waals surface area (Å²) in [5.41, 5.74) is 7.77. The summed E-state index contributed by atoms with van der Waals surface area (Å²) in [4.78, 5) is 14.8. The molecule has 62 heavy (non-hydrogen) atoms. The average molecular weight is 911 g/mol. The van der Waals surface area contributed by atoms with Crippen LogP contribution in [-0.4, -0.2) is 29.7 Å². The number of aromatic nitrogens is 6. The van der Waals surface area contributed by atoms with E-state index in [1.165, 1.54) is 47.2 Å². The minimum atomic E-state index is 0.718. The second kappa shape index (κ2) is 25.8. The largest absolute Gasteiger partial charge is 0.449 e. The Bertz CT molecular complexity index is 2540. The molecule has 0 spiro atoms. The molecule has 11 aromatic rings. The Morgan fingerprint density at radius 1 is 0.532 bits per heavy atom. The van der Waals surface area contributed by atoms with Crippen LogP contribution in [0.4, 0.5) is 0 Å². The van der Waals surface area contributed by atoms with Gasteiger partial charge in [0.2, 0.25) is 0 Å². The van der Waals surface area contributed by atoms with E-state index in [1.54, 1.807) is 76.4 Å². The fraction of sp³-hybridized carbons (Fsp3) is 0.140. The number of fused-ring (bicyclic) bond motifs is 2. The number of nitrogens with zero attached hydrogens (tertiary/aromatic N) is 6. The molecule has 0 aliphatic heterocycles. The van der Waals surface area contributed by atoms with Crippen molar-refractivity contribution in [1.29, 1.82) is 0 Å². The highest BCUT2D eigenvalue weighted by Gasteiger charge is 2.08. The number of hydrogen-bond acceptors (Lipinski definition) is 11. The van der Waals surface area contributed by atoms with Gasteiger partial charge in [-0.15, -0.1) is 66.9 Å². The lowest BCUT2D eigenvalue weighted by molar-refractivity contribution is 0.521. The van der Waals surface area contributed by atoms with E-state index in [0.717, 1.165) is 26.4 Å². The Morgan fingerprint density at radius 2 is 1.24 bits per heavy atom. The topological polar surface area (TPSA) is 82.5 Å². The van der Waals surface area contributed by atoms with Crippen molar-refractivity contribution >= 4 is 77.0 Å². The molecule has 7 heterocycles. The summed E-state index contributed by atoms with van der Waals surface area (Å²) in [6.45, 7) is 14.1. The fourth-order valence-electron chi connectivity index (χ4n) is 5.57. The Hall–Kier alpha value is -5.89. The summed E-state index contributed by atoms with van der Waals surface area (Å²) in [5, 5.41) is 16.0. The standard InChI is InChI=1S/C17H15N.C9H8S.C8H7NS.C5H6S.C4H5NO.C4H5NS.C3H4N2S/c1-14-12-13-17(15-8-4-2-5-9-15)18(14)16-10-6-3-7-11-16;1-7-6-8-4-2-3-5-9(8)10-7;1-6-9-7-4-2-3-5-8(7)10-6;1-5-3-2-4-6-5;2*1-4-5-2-3-6-4;1-3-5-4-2-6-3/h2-13H,1H3;2-6H,1H3;2-5H,1H3;2-4H,1H3;2*2-3H,1H3;2H,1H3. The van der Waals surface area contributed by atoms with E-state index in [9.17, 15) is 0 Å². The van der Waals surface area contributed by atoms with Crippen LogP contribution in [0.5, 0.6) is 0 Å². The minimum Gasteiger partial charge on any atom is -0.449 e. The number of thiophene rings is 2. The van der Waals surface area contributed by atoms with Crippen LogP contribution in [0.25, 0.3) is 37.2 Å². The van der Waals surface area contributed by atoms with E-state index < -0.39 is 0 Å². The molecular formula is C50H50N6OS5. The number of thiazole rings is 2. The van der Waals surface area contributed by atoms with E-state index in [1.807, 2.05) is 67.8 Å². The molecule has 0 fully saturated rings. The number of aryl methyl sites for hydroxylation is 7. The highest BCUT2D eigenvalue weighted by atomic mass is 32.1. The van der Waals surface area contributed by atoms with Crippen molar-refractivity contribution in [3.63, 3.8) is 0 Å². The molecule has 12 heteroatoms. The van der Waals surface area contributed by atoms with Crippen LogP contribution in [0.3, 0.4) is 0 Å². The van der Waals surface area contributed by atoms with Gasteiger partial charge in [-0.25, -0.2) is 9.97 Å². The smallest absolute Gasteiger partial charge is 0.190 e. The first-order valence-electron chi connectivity index (χ1n) is 19.7. The molecule has 7 aromatic heterocycles. The maximum absolute atomic E-state index is 4.72. The van der Waals surface area contributed by atoms with Gasteiger partial charge in [-0.2, -0.15) is 0 Å². The number of oxazole rings is 1. The molecule has 0 saturated heterocycles. The van der Waals surface area contributed by atoms with Gasteiger partial charge >= 0.3 is 0 Å². The number of rotatable bonds is 2. The van der Waals surface area contributed by atoms with Crippen LogP contribution in [0.1, 0.15) is 36.4 Å². The van der Waals surface area contributed by atoms with Crippen molar-refractivity contribution in [3.8, 4) is 16.9 Å². The summed E-state index contributed by atoms with van der Waals surface area (Å²) < 4.78 is 9.68. The van der Waals surface area contributed by atoms with E-state index in [2.05, 4.69) is 165 Å². The van der Waals surface area contributed by atoms with Crippen molar-refractivity contribution in [1.82, 2.24) is 29.7 Å². The second-order valence-corrected chi connectivity index (χ2v) is 19.1.